The number of anilines is 1. The van der Waals surface area contributed by atoms with Crippen molar-refractivity contribution in [1.82, 2.24) is 15.0 Å². The number of aromatic nitrogens is 3. The molecule has 0 unspecified atom stereocenters. The van der Waals surface area contributed by atoms with Gasteiger partial charge in [0.05, 0.1) is 16.7 Å². The second kappa shape index (κ2) is 3.81. The number of hydrogen-bond acceptors (Lipinski definition) is 5. The van der Waals surface area contributed by atoms with Crippen molar-refractivity contribution in [2.75, 3.05) is 5.73 Å². The van der Waals surface area contributed by atoms with Gasteiger partial charge >= 0.3 is 11.1 Å². The number of nitrogen functional groups attached to an aromatic ring is 1. The second-order valence-corrected chi connectivity index (χ2v) is 4.63. The standard InChI is InChI=1S/C11H8N4O2S/c12-11-15-8(4-18-11)5-1-2-6-7(3-5)14-10(17)9(16)13-6/h1-4H,(H2,12,15)(H,13,16)(H,14,17). The van der Waals surface area contributed by atoms with Crippen LogP contribution in [0.4, 0.5) is 5.13 Å². The molecular weight excluding hydrogens is 252 g/mol. The molecular formula is C11H8N4O2S. The topological polar surface area (TPSA) is 105 Å². The van der Waals surface area contributed by atoms with Gasteiger partial charge in [-0.15, -0.1) is 11.3 Å². The zero-order valence-electron chi connectivity index (χ0n) is 9.06. The number of rotatable bonds is 1. The predicted molar refractivity (Wildman–Crippen MR) is 70.7 cm³/mol. The van der Waals surface area contributed by atoms with Crippen LogP contribution in [0.3, 0.4) is 0 Å². The molecule has 2 heterocycles. The largest absolute Gasteiger partial charge is 0.375 e. The van der Waals surface area contributed by atoms with Crippen molar-refractivity contribution in [1.29, 1.82) is 0 Å². The minimum atomic E-state index is -0.669. The number of nitrogens with zero attached hydrogens (tertiary/aromatic N) is 1. The molecule has 2 aromatic heterocycles. The van der Waals surface area contributed by atoms with E-state index >= 15 is 0 Å². The van der Waals surface area contributed by atoms with E-state index < -0.39 is 11.1 Å². The Morgan fingerprint density at radius 1 is 1.11 bits per heavy atom. The first-order chi connectivity index (χ1) is 8.63. The van der Waals surface area contributed by atoms with Gasteiger partial charge in [0.15, 0.2) is 5.13 Å². The molecule has 0 aliphatic heterocycles. The molecule has 7 heteroatoms. The van der Waals surface area contributed by atoms with Crippen LogP contribution in [0.1, 0.15) is 0 Å². The van der Waals surface area contributed by atoms with E-state index in [2.05, 4.69) is 15.0 Å². The van der Waals surface area contributed by atoms with Gasteiger partial charge in [0.25, 0.3) is 0 Å². The molecule has 4 N–H and O–H groups in total. The van der Waals surface area contributed by atoms with Crippen LogP contribution in [-0.2, 0) is 0 Å². The fraction of sp³-hybridized carbons (Fsp3) is 0. The highest BCUT2D eigenvalue weighted by Crippen LogP contribution is 2.24. The normalized spacial score (nSPS) is 10.9. The highest BCUT2D eigenvalue weighted by molar-refractivity contribution is 7.13. The van der Waals surface area contributed by atoms with Crippen molar-refractivity contribution in [3.63, 3.8) is 0 Å². The van der Waals surface area contributed by atoms with Crippen molar-refractivity contribution >= 4 is 27.5 Å². The minimum absolute atomic E-state index is 0.486. The van der Waals surface area contributed by atoms with E-state index in [4.69, 9.17) is 5.73 Å². The number of fused-ring (bicyclic) bond motifs is 1. The summed E-state index contributed by atoms with van der Waals surface area (Å²) < 4.78 is 0. The Morgan fingerprint density at radius 3 is 2.50 bits per heavy atom. The number of nitrogens with two attached hydrogens (primary N) is 1. The third-order valence-electron chi connectivity index (χ3n) is 2.54. The molecule has 6 nitrogen and oxygen atoms in total. The van der Waals surface area contributed by atoms with Crippen LogP contribution in [0.5, 0.6) is 0 Å². The van der Waals surface area contributed by atoms with E-state index in [0.29, 0.717) is 16.2 Å². The number of H-pyrrole nitrogens is 2. The molecule has 0 amide bonds. The Bertz CT molecular complexity index is 846. The molecule has 0 saturated carbocycles. The summed E-state index contributed by atoms with van der Waals surface area (Å²) in [7, 11) is 0. The molecule has 0 aliphatic carbocycles. The number of thiazole rings is 1. The molecule has 3 aromatic rings. The molecule has 18 heavy (non-hydrogen) atoms. The van der Waals surface area contributed by atoms with E-state index in [-0.39, 0.29) is 0 Å². The van der Waals surface area contributed by atoms with E-state index in [1.807, 2.05) is 11.4 Å². The molecule has 0 aliphatic rings. The fourth-order valence-corrected chi connectivity index (χ4v) is 2.27. The first-order valence-electron chi connectivity index (χ1n) is 5.11. The zero-order chi connectivity index (χ0) is 12.7. The molecule has 0 spiro atoms. The number of nitrogens with one attached hydrogen (secondary N) is 2. The molecule has 0 saturated heterocycles. The summed E-state index contributed by atoms with van der Waals surface area (Å²) in [6, 6.07) is 5.28. The van der Waals surface area contributed by atoms with E-state index in [9.17, 15) is 9.59 Å². The van der Waals surface area contributed by atoms with Crippen LogP contribution in [-0.4, -0.2) is 15.0 Å². The van der Waals surface area contributed by atoms with Gasteiger partial charge in [-0.25, -0.2) is 4.98 Å². The van der Waals surface area contributed by atoms with Crippen LogP contribution in [0, 0.1) is 0 Å². The Labute approximate surface area is 104 Å². The van der Waals surface area contributed by atoms with Gasteiger partial charge in [-0.3, -0.25) is 9.59 Å². The number of hydrogen-bond donors (Lipinski definition) is 3. The first-order valence-corrected chi connectivity index (χ1v) is 5.99. The first kappa shape index (κ1) is 10.7. The summed E-state index contributed by atoms with van der Waals surface area (Å²) in [6.45, 7) is 0. The van der Waals surface area contributed by atoms with Crippen LogP contribution in [0.15, 0.2) is 33.2 Å². The molecule has 1 aromatic carbocycles. The maximum absolute atomic E-state index is 11.3. The Kier molecular flexibility index (Phi) is 2.27. The van der Waals surface area contributed by atoms with Crippen LogP contribution in [0.25, 0.3) is 22.3 Å². The fourth-order valence-electron chi connectivity index (χ4n) is 1.69. The third-order valence-corrected chi connectivity index (χ3v) is 3.21. The van der Waals surface area contributed by atoms with Gasteiger partial charge in [-0.2, -0.15) is 0 Å². The van der Waals surface area contributed by atoms with Crippen molar-refractivity contribution in [2.24, 2.45) is 0 Å². The molecule has 3 rings (SSSR count). The summed E-state index contributed by atoms with van der Waals surface area (Å²) in [4.78, 5) is 31.6. The van der Waals surface area contributed by atoms with Gasteiger partial charge in [-0.1, -0.05) is 6.07 Å². The highest BCUT2D eigenvalue weighted by atomic mass is 32.1. The molecule has 0 radical (unpaired) electrons. The smallest absolute Gasteiger partial charge is 0.314 e. The predicted octanol–water partition coefficient (Wildman–Crippen LogP) is 0.922. The summed E-state index contributed by atoms with van der Waals surface area (Å²) in [6.07, 6.45) is 0. The quantitative estimate of drug-likeness (QED) is 0.566. The van der Waals surface area contributed by atoms with Gasteiger partial charge in [-0.05, 0) is 12.1 Å². The maximum atomic E-state index is 11.3. The van der Waals surface area contributed by atoms with E-state index in [1.54, 1.807) is 12.1 Å². The third kappa shape index (κ3) is 1.70. The number of aromatic amines is 2. The second-order valence-electron chi connectivity index (χ2n) is 3.74. The number of benzene rings is 1. The van der Waals surface area contributed by atoms with Crippen molar-refractivity contribution < 1.29 is 0 Å². The van der Waals surface area contributed by atoms with Crippen molar-refractivity contribution in [3.8, 4) is 11.3 Å². The van der Waals surface area contributed by atoms with Crippen molar-refractivity contribution in [2.45, 2.75) is 0 Å². The molecule has 0 bridgehead atoms. The summed E-state index contributed by atoms with van der Waals surface area (Å²) in [5, 5.41) is 2.32. The monoisotopic (exact) mass is 260 g/mol. The van der Waals surface area contributed by atoms with Gasteiger partial charge in [0.2, 0.25) is 0 Å². The van der Waals surface area contributed by atoms with Gasteiger partial charge in [0, 0.05) is 10.9 Å². The zero-order valence-corrected chi connectivity index (χ0v) is 9.88. The lowest BCUT2D eigenvalue weighted by atomic mass is 10.1. The SMILES string of the molecule is Nc1nc(-c2ccc3[nH]c(=O)c(=O)[nH]c3c2)cs1. The van der Waals surface area contributed by atoms with Gasteiger partial charge < -0.3 is 15.7 Å². The van der Waals surface area contributed by atoms with Crippen LogP contribution < -0.4 is 16.9 Å². The average molecular weight is 260 g/mol. The maximum Gasteiger partial charge on any atom is 0.314 e. The molecule has 0 fully saturated rings. The van der Waals surface area contributed by atoms with E-state index in [0.717, 1.165) is 11.3 Å². The lowest BCUT2D eigenvalue weighted by Crippen LogP contribution is -2.28. The Balaban J connectivity index is 2.25. The summed E-state index contributed by atoms with van der Waals surface area (Å²) in [5.74, 6) is 0. The Morgan fingerprint density at radius 2 is 1.83 bits per heavy atom. The van der Waals surface area contributed by atoms with Crippen molar-refractivity contribution in [3.05, 3.63) is 44.3 Å². The van der Waals surface area contributed by atoms with E-state index in [1.165, 1.54) is 11.3 Å². The lowest BCUT2D eigenvalue weighted by Gasteiger charge is -2.00. The average Bonchev–Trinajstić information content (AvgIpc) is 2.77. The highest BCUT2D eigenvalue weighted by Gasteiger charge is 2.05. The van der Waals surface area contributed by atoms with Crippen LogP contribution >= 0.6 is 11.3 Å². The molecule has 90 valence electrons. The van der Waals surface area contributed by atoms with Gasteiger partial charge in [0.1, 0.15) is 0 Å². The Hall–Kier alpha value is -2.41. The van der Waals surface area contributed by atoms with Crippen LogP contribution in [0.2, 0.25) is 0 Å². The molecule has 0 atom stereocenters. The summed E-state index contributed by atoms with van der Waals surface area (Å²) >= 11 is 1.35. The minimum Gasteiger partial charge on any atom is -0.375 e. The summed E-state index contributed by atoms with van der Waals surface area (Å²) in [5.41, 5.74) is 6.95. The lowest BCUT2D eigenvalue weighted by molar-refractivity contribution is 1.15.